The number of aromatic amines is 2. The first-order chi connectivity index (χ1) is 53.8. The summed E-state index contributed by atoms with van der Waals surface area (Å²) in [6.45, 7) is 32.1. The Kier molecular flexibility index (Phi) is 31.5. The third-order valence-electron chi connectivity index (χ3n) is 23.0. The van der Waals surface area contributed by atoms with Crippen molar-refractivity contribution in [3.05, 3.63) is 142 Å². The number of nitrogens with zero attached hydrogens (tertiary/aromatic N) is 6. The normalized spacial score (nSPS) is 17.0. The number of piperidine rings is 3. The molecule has 11 heterocycles. The highest BCUT2D eigenvalue weighted by atomic mass is 35.5. The number of carboxylic acid groups (broad SMARTS) is 1. The Morgan fingerprint density at radius 1 is 0.491 bits per heavy atom. The highest BCUT2D eigenvalue weighted by Crippen LogP contribution is 2.40. The number of carboxylic acids is 1. The minimum absolute atomic E-state index is 0. The number of H-pyrrole nitrogens is 2. The van der Waals surface area contributed by atoms with Gasteiger partial charge in [0.25, 0.3) is 17.0 Å². The molecule has 25 nitrogen and oxygen atoms in total. The lowest BCUT2D eigenvalue weighted by molar-refractivity contribution is 0.0600. The van der Waals surface area contributed by atoms with Crippen molar-refractivity contribution < 1.29 is 61.2 Å². The summed E-state index contributed by atoms with van der Waals surface area (Å²) in [7, 11) is 4.50. The van der Waals surface area contributed by atoms with Crippen LogP contribution in [0, 0.1) is 34.6 Å². The number of furan rings is 3. The van der Waals surface area contributed by atoms with Crippen molar-refractivity contribution in [1.29, 1.82) is 0 Å². The number of hydrogen-bond donors (Lipinski definition) is 5. The van der Waals surface area contributed by atoms with Gasteiger partial charge in [0.2, 0.25) is 0 Å². The number of aryl methyl sites for hydroxylation is 2. The number of hydrogen-bond acceptors (Lipinski definition) is 21. The first-order valence-electron chi connectivity index (χ1n) is 40.5. The molecule has 0 aliphatic carbocycles. The standard InChI is InChI=1S/C31H42N4O5.C24H34N2O4.C23H32N2O4.C8H12N2O2.ClH/c1-5-35(22-9-13-39-14-10-22)26-17-28-24(16-23(40-28)19-34-11-7-6-8-12-34)29(21(26)3)31(37)32-18-25-27(38-4)15-20(2)33-30(25)36;1-4-26(18-8-12-29-13-9-18)21-15-22-20(23(17(21)2)24(27)28-3)14-19(30-22)16-25-10-6-5-7-11-25;1-3-25(17-7-11-28-12-8-17)20-14-21-19(22(16(20)2)23(26)27)13-18(29-21)15-24-9-5-4-6-10-24;1-5-3-7(12-2)6(4-9)8(11)10-5;/h15-17,22H,5-14,18-19H2,1-4H3,(H,32,37)(H,33,36);14-15,18H,4-13,16H2,1-3H3;13-14,17H,3-12,15H2,1-2H3,(H,26,27);3H,4,9H2,1-2H3,(H,10,11);1H. The summed E-state index contributed by atoms with van der Waals surface area (Å²) < 4.78 is 51.2. The van der Waals surface area contributed by atoms with E-state index in [-0.39, 0.29) is 48.5 Å². The van der Waals surface area contributed by atoms with Crippen molar-refractivity contribution in [2.45, 2.75) is 203 Å². The van der Waals surface area contributed by atoms with Gasteiger partial charge in [-0.25, -0.2) is 9.59 Å². The number of rotatable bonds is 23. The number of aromatic carboxylic acids is 1. The number of pyridine rings is 2. The zero-order valence-electron chi connectivity index (χ0n) is 67.9. The SMILES string of the molecule is CCN(c1cc2oc(CN3CCCCC3)cc2c(C(=O)NCc2c(OC)cc(C)[nH]c2=O)c1C)C1CCOCC1.CCN(c1cc2oc(CN3CCCCC3)cc2c(C(=O)O)c1C)C1CCOCC1.CCN(c1cc2oc(CN3CCCCC3)cc2c(C(=O)OC)c1C)C1CCOCC1.COc1cc(C)[nH]c(=O)c1CN.Cl. The number of methoxy groups -OCH3 is 3. The van der Waals surface area contributed by atoms with Crippen LogP contribution in [0.4, 0.5) is 17.1 Å². The number of ether oxygens (including phenoxy) is 6. The Bertz CT molecular complexity index is 4570. The highest BCUT2D eigenvalue weighted by Gasteiger charge is 2.32. The van der Waals surface area contributed by atoms with Gasteiger partial charge in [-0.3, -0.25) is 29.1 Å². The second-order valence-corrected chi connectivity index (χ2v) is 30.3. The summed E-state index contributed by atoms with van der Waals surface area (Å²) in [6, 6.07) is 16.9. The van der Waals surface area contributed by atoms with Crippen LogP contribution in [0.3, 0.4) is 0 Å². The largest absolute Gasteiger partial charge is 0.496 e. The topological polar surface area (TPSA) is 289 Å². The fourth-order valence-corrected chi connectivity index (χ4v) is 17.3. The van der Waals surface area contributed by atoms with Gasteiger partial charge in [0, 0.05) is 147 Å². The fraction of sp³-hybridized carbons (Fsp3) is 0.570. The van der Waals surface area contributed by atoms with Gasteiger partial charge in [0.1, 0.15) is 45.5 Å². The second kappa shape index (κ2) is 41.1. The zero-order chi connectivity index (χ0) is 78.8. The van der Waals surface area contributed by atoms with E-state index in [1.54, 1.807) is 26.0 Å². The molecule has 0 saturated carbocycles. The van der Waals surface area contributed by atoms with Gasteiger partial charge in [0.15, 0.2) is 0 Å². The summed E-state index contributed by atoms with van der Waals surface area (Å²) in [6.07, 6.45) is 17.0. The molecule has 0 atom stereocenters. The van der Waals surface area contributed by atoms with Crippen LogP contribution in [0.25, 0.3) is 32.9 Å². The Morgan fingerprint density at radius 3 is 1.16 bits per heavy atom. The van der Waals surface area contributed by atoms with E-state index in [0.717, 1.165) is 230 Å². The van der Waals surface area contributed by atoms with Gasteiger partial charge in [0.05, 0.1) is 75.3 Å². The maximum atomic E-state index is 13.9. The van der Waals surface area contributed by atoms with E-state index in [4.69, 9.17) is 47.4 Å². The molecule has 0 bridgehead atoms. The van der Waals surface area contributed by atoms with E-state index in [1.807, 2.05) is 39.0 Å². The van der Waals surface area contributed by atoms with Crippen LogP contribution >= 0.6 is 12.4 Å². The Labute approximate surface area is 664 Å². The molecule has 6 fully saturated rings. The minimum Gasteiger partial charge on any atom is -0.496 e. The number of nitrogens with two attached hydrogens (primary N) is 1. The third kappa shape index (κ3) is 20.8. The lowest BCUT2D eigenvalue weighted by atomic mass is 9.98. The average molecular weight is 1570 g/mol. The monoisotopic (exact) mass is 1570 g/mol. The molecule has 6 N–H and O–H groups in total. The molecular weight excluding hydrogens is 1450 g/mol. The number of anilines is 3. The zero-order valence-corrected chi connectivity index (χ0v) is 68.7. The highest BCUT2D eigenvalue weighted by molar-refractivity contribution is 6.10. The van der Waals surface area contributed by atoms with E-state index in [1.165, 1.54) is 79.1 Å². The lowest BCUT2D eigenvalue weighted by Crippen LogP contribution is -2.40. The Morgan fingerprint density at radius 2 is 0.821 bits per heavy atom. The molecule has 5 aromatic heterocycles. The van der Waals surface area contributed by atoms with Crippen molar-refractivity contribution >= 4 is 80.2 Å². The summed E-state index contributed by atoms with van der Waals surface area (Å²) in [5, 5.41) is 15.4. The van der Waals surface area contributed by atoms with E-state index < -0.39 is 5.97 Å². The number of likely N-dealkylation sites (tertiary alicyclic amines) is 3. The predicted octanol–water partition coefficient (Wildman–Crippen LogP) is 14.2. The number of amides is 1. The molecule has 0 radical (unpaired) electrons. The molecule has 1 amide bonds. The molecule has 0 unspecified atom stereocenters. The van der Waals surface area contributed by atoms with Crippen LogP contribution in [0.1, 0.15) is 205 Å². The fourth-order valence-electron chi connectivity index (χ4n) is 17.3. The van der Waals surface area contributed by atoms with Gasteiger partial charge < -0.3 is 82.5 Å². The van der Waals surface area contributed by atoms with E-state index in [9.17, 15) is 29.1 Å². The van der Waals surface area contributed by atoms with E-state index in [0.29, 0.717) is 79.7 Å². The Hall–Kier alpha value is -8.40. The lowest BCUT2D eigenvalue weighted by Gasteiger charge is -2.36. The number of carbonyl (C=O) groups excluding carboxylic acids is 2. The number of esters is 1. The second-order valence-electron chi connectivity index (χ2n) is 30.3. The molecule has 3 aromatic carbocycles. The summed E-state index contributed by atoms with van der Waals surface area (Å²) in [5.41, 5.74) is 16.8. The molecule has 14 rings (SSSR count). The average Bonchev–Trinajstić information content (AvgIpc) is 1.54. The Balaban J connectivity index is 0.000000167. The van der Waals surface area contributed by atoms with Crippen LogP contribution in [0.2, 0.25) is 0 Å². The first-order valence-corrected chi connectivity index (χ1v) is 40.5. The molecule has 8 aromatic rings. The van der Waals surface area contributed by atoms with Gasteiger partial charge in [-0.1, -0.05) is 19.3 Å². The molecule has 6 aliphatic rings. The molecule has 6 aliphatic heterocycles. The number of benzene rings is 3. The molecule has 6 saturated heterocycles. The maximum Gasteiger partial charge on any atom is 0.338 e. The molecular formula is C86H121ClN10O15. The van der Waals surface area contributed by atoms with Crippen LogP contribution in [-0.4, -0.2) is 186 Å². The van der Waals surface area contributed by atoms with E-state index >= 15 is 0 Å². The minimum atomic E-state index is -0.886. The van der Waals surface area contributed by atoms with Crippen LogP contribution in [-0.2, 0) is 51.7 Å². The van der Waals surface area contributed by atoms with Crippen molar-refractivity contribution in [2.75, 3.05) is 135 Å². The number of nitrogens with one attached hydrogen (secondary N) is 3. The van der Waals surface area contributed by atoms with Gasteiger partial charge in [-0.2, -0.15) is 0 Å². The summed E-state index contributed by atoms with van der Waals surface area (Å²) in [5.74, 6) is 2.24. The van der Waals surface area contributed by atoms with Crippen molar-refractivity contribution in [2.24, 2.45) is 5.73 Å². The molecule has 0 spiro atoms. The van der Waals surface area contributed by atoms with Crippen LogP contribution in [0.15, 0.2) is 71.4 Å². The van der Waals surface area contributed by atoms with Crippen LogP contribution < -0.4 is 46.3 Å². The van der Waals surface area contributed by atoms with E-state index in [2.05, 4.69) is 83.7 Å². The number of halogens is 1. The maximum absolute atomic E-state index is 13.9. The number of aromatic nitrogens is 2. The van der Waals surface area contributed by atoms with Crippen LogP contribution in [0.5, 0.6) is 11.5 Å². The first kappa shape index (κ1) is 86.0. The van der Waals surface area contributed by atoms with Crippen molar-refractivity contribution in [3.8, 4) is 11.5 Å². The number of fused-ring (bicyclic) bond motifs is 3. The van der Waals surface area contributed by atoms with Gasteiger partial charge in [-0.05, 0) is 219 Å². The van der Waals surface area contributed by atoms with Gasteiger partial charge in [-0.15, -0.1) is 12.4 Å². The van der Waals surface area contributed by atoms with Crippen molar-refractivity contribution in [3.63, 3.8) is 0 Å². The summed E-state index contributed by atoms with van der Waals surface area (Å²) >= 11 is 0. The predicted molar refractivity (Wildman–Crippen MR) is 442 cm³/mol. The molecule has 112 heavy (non-hydrogen) atoms. The summed E-state index contributed by atoms with van der Waals surface area (Å²) in [4.78, 5) is 82.6. The number of carbonyl (C=O) groups is 3. The quantitative estimate of drug-likeness (QED) is 0.0372. The smallest absolute Gasteiger partial charge is 0.338 e. The third-order valence-corrected chi connectivity index (χ3v) is 23.0. The van der Waals surface area contributed by atoms with Gasteiger partial charge >= 0.3 is 11.9 Å². The molecule has 26 heteroatoms. The molecule has 612 valence electrons. The van der Waals surface area contributed by atoms with Crippen molar-refractivity contribution in [1.82, 2.24) is 30.0 Å².